The third kappa shape index (κ3) is 4.40. The van der Waals surface area contributed by atoms with Crippen molar-refractivity contribution in [1.29, 1.82) is 0 Å². The molecule has 5 heteroatoms. The van der Waals surface area contributed by atoms with Crippen LogP contribution < -0.4 is 10.2 Å². The van der Waals surface area contributed by atoms with Gasteiger partial charge in [-0.05, 0) is 56.0 Å². The molecular formula is C20H23ClN2O2. The summed E-state index contributed by atoms with van der Waals surface area (Å²) < 4.78 is 0. The molecule has 0 saturated carbocycles. The molecule has 132 valence electrons. The molecule has 0 unspecified atom stereocenters. The van der Waals surface area contributed by atoms with Crippen molar-refractivity contribution >= 4 is 34.8 Å². The second-order valence-corrected chi connectivity index (χ2v) is 6.74. The number of hydrogen-bond acceptors (Lipinski definition) is 2. The van der Waals surface area contributed by atoms with Crippen molar-refractivity contribution in [3.05, 3.63) is 57.6 Å². The van der Waals surface area contributed by atoms with Gasteiger partial charge in [0, 0.05) is 12.6 Å². The number of halogens is 1. The molecule has 2 aromatic rings. The molecule has 4 nitrogen and oxygen atoms in total. The summed E-state index contributed by atoms with van der Waals surface area (Å²) in [4.78, 5) is 26.1. The van der Waals surface area contributed by atoms with E-state index in [1.54, 1.807) is 6.07 Å². The number of amides is 2. The first-order valence-electron chi connectivity index (χ1n) is 8.11. The molecule has 1 N–H and O–H groups in total. The minimum atomic E-state index is -0.261. The van der Waals surface area contributed by atoms with E-state index >= 15 is 0 Å². The summed E-state index contributed by atoms with van der Waals surface area (Å²) in [5, 5.41) is 3.37. The molecule has 0 saturated heterocycles. The minimum absolute atomic E-state index is 0.0905. The van der Waals surface area contributed by atoms with Crippen molar-refractivity contribution in [3.63, 3.8) is 0 Å². The van der Waals surface area contributed by atoms with E-state index in [9.17, 15) is 9.59 Å². The van der Waals surface area contributed by atoms with Gasteiger partial charge in [0.1, 0.15) is 6.54 Å². The molecular weight excluding hydrogens is 336 g/mol. The molecule has 0 spiro atoms. The molecule has 0 atom stereocenters. The first-order valence-corrected chi connectivity index (χ1v) is 8.49. The van der Waals surface area contributed by atoms with Crippen molar-refractivity contribution in [3.8, 4) is 0 Å². The van der Waals surface area contributed by atoms with Gasteiger partial charge in [-0.25, -0.2) is 0 Å². The third-order valence-corrected chi connectivity index (χ3v) is 4.38. The molecule has 25 heavy (non-hydrogen) atoms. The molecule has 0 aliphatic heterocycles. The van der Waals surface area contributed by atoms with E-state index in [2.05, 4.69) is 5.32 Å². The summed E-state index contributed by atoms with van der Waals surface area (Å²) in [7, 11) is 0. The lowest BCUT2D eigenvalue weighted by atomic mass is 10.1. The van der Waals surface area contributed by atoms with Gasteiger partial charge in [0.2, 0.25) is 11.8 Å². The Balaban J connectivity index is 2.29. The van der Waals surface area contributed by atoms with Crippen LogP contribution in [0.25, 0.3) is 0 Å². The second-order valence-electron chi connectivity index (χ2n) is 6.33. The Morgan fingerprint density at radius 2 is 1.64 bits per heavy atom. The van der Waals surface area contributed by atoms with Gasteiger partial charge in [-0.2, -0.15) is 0 Å². The van der Waals surface area contributed by atoms with Crippen LogP contribution in [-0.2, 0) is 9.59 Å². The number of anilines is 2. The van der Waals surface area contributed by atoms with E-state index in [0.717, 1.165) is 27.9 Å². The average Bonchev–Trinajstić information content (AvgIpc) is 2.49. The van der Waals surface area contributed by atoms with E-state index in [4.69, 9.17) is 11.6 Å². The molecule has 0 bridgehead atoms. The van der Waals surface area contributed by atoms with Gasteiger partial charge in [0.05, 0.1) is 10.7 Å². The first kappa shape index (κ1) is 19.0. The molecule has 0 radical (unpaired) electrons. The highest BCUT2D eigenvalue weighted by molar-refractivity contribution is 6.34. The van der Waals surface area contributed by atoms with Gasteiger partial charge in [-0.1, -0.05) is 35.9 Å². The van der Waals surface area contributed by atoms with Crippen LogP contribution in [0.15, 0.2) is 30.3 Å². The topological polar surface area (TPSA) is 49.4 Å². The smallest absolute Gasteiger partial charge is 0.244 e. The van der Waals surface area contributed by atoms with Crippen LogP contribution in [0.3, 0.4) is 0 Å². The second kappa shape index (κ2) is 7.70. The Bertz CT molecular complexity index is 787. The number of para-hydroxylation sites is 1. The van der Waals surface area contributed by atoms with Crippen LogP contribution in [-0.4, -0.2) is 18.4 Å². The number of nitrogens with zero attached hydrogens (tertiary/aromatic N) is 1. The molecule has 0 fully saturated rings. The molecule has 0 heterocycles. The number of hydrogen-bond donors (Lipinski definition) is 1. The van der Waals surface area contributed by atoms with E-state index in [1.807, 2.05) is 52.0 Å². The highest BCUT2D eigenvalue weighted by Gasteiger charge is 2.21. The Hall–Kier alpha value is -2.33. The van der Waals surface area contributed by atoms with Gasteiger partial charge in [0.15, 0.2) is 0 Å². The van der Waals surface area contributed by atoms with Crippen molar-refractivity contribution in [2.45, 2.75) is 34.6 Å². The van der Waals surface area contributed by atoms with Crippen LogP contribution in [0, 0.1) is 27.7 Å². The first-order chi connectivity index (χ1) is 11.7. The van der Waals surface area contributed by atoms with Gasteiger partial charge in [-0.3, -0.25) is 9.59 Å². The highest BCUT2D eigenvalue weighted by atomic mass is 35.5. The Morgan fingerprint density at radius 1 is 1.04 bits per heavy atom. The fourth-order valence-corrected chi connectivity index (χ4v) is 3.36. The van der Waals surface area contributed by atoms with Crippen molar-refractivity contribution < 1.29 is 9.59 Å². The summed E-state index contributed by atoms with van der Waals surface area (Å²) >= 11 is 6.34. The Labute approximate surface area is 153 Å². The zero-order valence-corrected chi connectivity index (χ0v) is 16.0. The number of benzene rings is 2. The highest BCUT2D eigenvalue weighted by Crippen LogP contribution is 2.31. The van der Waals surface area contributed by atoms with Gasteiger partial charge >= 0.3 is 0 Å². The summed E-state index contributed by atoms with van der Waals surface area (Å²) in [6, 6.07) is 9.56. The van der Waals surface area contributed by atoms with Crippen LogP contribution >= 0.6 is 11.6 Å². The quantitative estimate of drug-likeness (QED) is 0.870. The monoisotopic (exact) mass is 358 g/mol. The zero-order chi connectivity index (χ0) is 18.7. The number of carbonyl (C=O) groups excluding carboxylic acids is 2. The lowest BCUT2D eigenvalue weighted by Crippen LogP contribution is -2.37. The standard InChI is InChI=1S/C20H23ClN2O2/c1-12-9-15(4)20(17(21)10-12)23(16(5)24)11-18(25)22-19-13(2)7-6-8-14(19)3/h6-10H,11H2,1-5H3,(H,22,25). The maximum absolute atomic E-state index is 12.5. The molecule has 0 aromatic heterocycles. The number of carbonyl (C=O) groups is 2. The van der Waals surface area contributed by atoms with Gasteiger partial charge in [-0.15, -0.1) is 0 Å². The van der Waals surface area contributed by atoms with Gasteiger partial charge in [0.25, 0.3) is 0 Å². The Kier molecular flexibility index (Phi) is 5.85. The summed E-state index contributed by atoms with van der Waals surface area (Å²) in [5.74, 6) is -0.492. The van der Waals surface area contributed by atoms with Crippen LogP contribution in [0.5, 0.6) is 0 Å². The zero-order valence-electron chi connectivity index (χ0n) is 15.2. The summed E-state index contributed by atoms with van der Waals surface area (Å²) in [5.41, 5.74) is 5.19. The van der Waals surface area contributed by atoms with E-state index < -0.39 is 0 Å². The maximum atomic E-state index is 12.5. The SMILES string of the molecule is CC(=O)N(CC(=O)Nc1c(C)cccc1C)c1c(C)cc(C)cc1Cl. The number of rotatable bonds is 4. The maximum Gasteiger partial charge on any atom is 0.244 e. The fraction of sp³-hybridized carbons (Fsp3) is 0.300. The van der Waals surface area contributed by atoms with Crippen LogP contribution in [0.4, 0.5) is 11.4 Å². The lowest BCUT2D eigenvalue weighted by Gasteiger charge is -2.24. The van der Waals surface area contributed by atoms with Crippen LogP contribution in [0.1, 0.15) is 29.2 Å². The molecule has 0 aliphatic rings. The largest absolute Gasteiger partial charge is 0.324 e. The molecule has 2 amide bonds. The summed E-state index contributed by atoms with van der Waals surface area (Å²) in [6.07, 6.45) is 0. The van der Waals surface area contributed by atoms with E-state index in [1.165, 1.54) is 11.8 Å². The number of nitrogens with one attached hydrogen (secondary N) is 1. The minimum Gasteiger partial charge on any atom is -0.324 e. The average molecular weight is 359 g/mol. The van der Waals surface area contributed by atoms with E-state index in [0.29, 0.717) is 10.7 Å². The van der Waals surface area contributed by atoms with Crippen molar-refractivity contribution in [2.75, 3.05) is 16.8 Å². The lowest BCUT2D eigenvalue weighted by molar-refractivity contribution is -0.120. The number of aryl methyl sites for hydroxylation is 4. The molecule has 2 aromatic carbocycles. The fourth-order valence-electron chi connectivity index (χ4n) is 2.93. The molecule has 0 aliphatic carbocycles. The summed E-state index contributed by atoms with van der Waals surface area (Å²) in [6.45, 7) is 9.04. The van der Waals surface area contributed by atoms with Crippen molar-refractivity contribution in [1.82, 2.24) is 0 Å². The third-order valence-electron chi connectivity index (χ3n) is 4.10. The van der Waals surface area contributed by atoms with Crippen molar-refractivity contribution in [2.24, 2.45) is 0 Å². The predicted octanol–water partition coefficient (Wildman–Crippen LogP) is 4.57. The Morgan fingerprint density at radius 3 is 2.16 bits per heavy atom. The normalized spacial score (nSPS) is 10.5. The predicted molar refractivity (Wildman–Crippen MR) is 103 cm³/mol. The molecule has 2 rings (SSSR count). The van der Waals surface area contributed by atoms with Crippen LogP contribution in [0.2, 0.25) is 5.02 Å². The van der Waals surface area contributed by atoms with Gasteiger partial charge < -0.3 is 10.2 Å². The van der Waals surface area contributed by atoms with E-state index in [-0.39, 0.29) is 18.4 Å².